The summed E-state index contributed by atoms with van der Waals surface area (Å²) in [6.45, 7) is 0. The van der Waals surface area contributed by atoms with Crippen LogP contribution in [0.5, 0.6) is 0 Å². The molecule has 0 aliphatic carbocycles. The molecule has 0 saturated heterocycles. The van der Waals surface area contributed by atoms with Gasteiger partial charge in [0.2, 0.25) is 0 Å². The summed E-state index contributed by atoms with van der Waals surface area (Å²) < 4.78 is 105. The van der Waals surface area contributed by atoms with Gasteiger partial charge in [-0.3, -0.25) is 9.97 Å². The van der Waals surface area contributed by atoms with Crippen molar-refractivity contribution in [2.24, 2.45) is 0 Å². The maximum Gasteiger partial charge on any atom is 0.417 e. The van der Waals surface area contributed by atoms with Gasteiger partial charge in [0.1, 0.15) is 0 Å². The summed E-state index contributed by atoms with van der Waals surface area (Å²) in [6, 6.07) is 123. The Balaban J connectivity index is 0.630. The van der Waals surface area contributed by atoms with Gasteiger partial charge < -0.3 is 27.4 Å². The largest absolute Gasteiger partial charge is 0.417 e. The first-order valence-corrected chi connectivity index (χ1v) is 41.2. The van der Waals surface area contributed by atoms with Crippen molar-refractivity contribution in [1.82, 2.24) is 37.4 Å². The van der Waals surface area contributed by atoms with Gasteiger partial charge in [-0.15, -0.1) is 0 Å². The van der Waals surface area contributed by atoms with Gasteiger partial charge in [-0.2, -0.15) is 36.9 Å². The number of halogens is 6. The molecule has 0 spiro atoms. The lowest BCUT2D eigenvalue weighted by Gasteiger charge is -2.20. The molecule has 8 heterocycles. The number of hydrogen-bond donors (Lipinski definition) is 0. The number of benzene rings is 16. The number of pyridine rings is 2. The molecule has 24 aromatic rings. The molecular weight excluding hydrogens is 1580 g/mol. The van der Waals surface area contributed by atoms with Gasteiger partial charge in [0.05, 0.1) is 106 Å². The Morgan fingerprint density at radius 1 is 0.222 bits per heavy atom. The lowest BCUT2D eigenvalue weighted by molar-refractivity contribution is -0.140. The Morgan fingerprint density at radius 2 is 0.492 bits per heavy atom. The molecule has 0 saturated carbocycles. The van der Waals surface area contributed by atoms with Crippen molar-refractivity contribution in [2.75, 3.05) is 0 Å². The molecule has 594 valence electrons. The van der Waals surface area contributed by atoms with Crippen LogP contribution in [0.25, 0.3) is 221 Å². The van der Waals surface area contributed by atoms with E-state index in [-0.39, 0.29) is 11.1 Å². The van der Waals surface area contributed by atoms with E-state index in [0.717, 1.165) is 171 Å². The zero-order chi connectivity index (χ0) is 84.5. The van der Waals surface area contributed by atoms with Crippen molar-refractivity contribution in [2.45, 2.75) is 12.4 Å². The summed E-state index contributed by atoms with van der Waals surface area (Å²) in [5.41, 5.74) is 19.1. The van der Waals surface area contributed by atoms with E-state index < -0.39 is 34.6 Å². The Hall–Kier alpha value is -16.8. The Kier molecular flexibility index (Phi) is 16.2. The number of aromatic nitrogens is 8. The predicted molar refractivity (Wildman–Crippen MR) is 495 cm³/mol. The minimum atomic E-state index is -5.01. The molecule has 0 unspecified atom stereocenters. The minimum Gasteiger partial charge on any atom is -0.309 e. The molecule has 16 heteroatoms. The molecule has 0 atom stereocenters. The average Bonchev–Trinajstić information content (AvgIpc) is 1.54. The van der Waals surface area contributed by atoms with Gasteiger partial charge in [-0.1, -0.05) is 152 Å². The number of alkyl halides is 6. The van der Waals surface area contributed by atoms with Crippen LogP contribution in [0.15, 0.2) is 377 Å². The first-order chi connectivity index (χ1) is 61.7. The quantitative estimate of drug-likeness (QED) is 0.120. The third kappa shape index (κ3) is 11.3. The van der Waals surface area contributed by atoms with Gasteiger partial charge in [0.25, 0.3) is 0 Å². The Labute approximate surface area is 713 Å². The molecule has 0 bridgehead atoms. The van der Waals surface area contributed by atoms with E-state index in [1.807, 2.05) is 54.6 Å². The molecule has 0 fully saturated rings. The maximum absolute atomic E-state index is 15.3. The van der Waals surface area contributed by atoms with Gasteiger partial charge in [0, 0.05) is 123 Å². The van der Waals surface area contributed by atoms with Gasteiger partial charge in [-0.25, -0.2) is 0 Å². The van der Waals surface area contributed by atoms with Crippen LogP contribution in [0.3, 0.4) is 0 Å². The number of hydrogen-bond acceptors (Lipinski definition) is 4. The molecule has 0 aliphatic rings. The fourth-order valence-corrected chi connectivity index (χ4v) is 19.8. The van der Waals surface area contributed by atoms with Crippen molar-refractivity contribution in [3.63, 3.8) is 0 Å². The highest BCUT2D eigenvalue weighted by Crippen LogP contribution is 2.49. The highest BCUT2D eigenvalue weighted by atomic mass is 19.4. The Morgan fingerprint density at radius 3 is 0.817 bits per heavy atom. The second-order valence-corrected chi connectivity index (χ2v) is 32.0. The van der Waals surface area contributed by atoms with Crippen LogP contribution in [-0.4, -0.2) is 37.4 Å². The maximum atomic E-state index is 15.3. The van der Waals surface area contributed by atoms with Gasteiger partial charge in [-0.05, 0) is 251 Å². The monoisotopic (exact) mass is 1640 g/mol. The van der Waals surface area contributed by atoms with Gasteiger partial charge >= 0.3 is 12.4 Å². The second-order valence-electron chi connectivity index (χ2n) is 32.0. The van der Waals surface area contributed by atoms with E-state index >= 15 is 26.3 Å². The van der Waals surface area contributed by atoms with Crippen LogP contribution in [0.2, 0.25) is 0 Å². The molecule has 0 aliphatic heterocycles. The molecule has 0 radical (unpaired) electrons. The average molecular weight is 1640 g/mol. The number of para-hydroxylation sites is 6. The standard InChI is InChI=1S/C110H62F6N10/c111-109(112,113)93-62-86(67-48-51-119-52-49-67)94(110(114,115)116)61-85(93)66-30-36-74(37-31-66)122-106-45-39-76(124-98-24-9-3-17-81(98)82-18-4-10-25-99(82)124)58-90(106)92-60-78(41-47-107(92)122)126-101-27-12-6-20-84(101)88-56-69(33-43-103(88)126)68-32-42-102-87(55-68)83-19-5-11-26-100(83)125(102)77-40-46-105-91(59-77)89-57-75(123-96-22-7-1-15-79(96)80-16-2-8-23-97(80)123)38-44-104(89)121(105)73-34-28-65(29-35-73)70-53-71(63-117)108(72(54-70)64-118)95-21-13-14-50-120-95/h1-62H. The molecule has 8 aromatic heterocycles. The summed E-state index contributed by atoms with van der Waals surface area (Å²) >= 11 is 0. The summed E-state index contributed by atoms with van der Waals surface area (Å²) in [5.74, 6) is 0. The Bertz CT molecular complexity index is 8690. The third-order valence-electron chi connectivity index (χ3n) is 25.3. The molecule has 24 rings (SSSR count). The number of nitriles is 2. The molecule has 16 aromatic carbocycles. The van der Waals surface area contributed by atoms with Crippen molar-refractivity contribution in [3.05, 3.63) is 399 Å². The van der Waals surface area contributed by atoms with E-state index in [1.165, 1.54) is 47.4 Å². The highest BCUT2D eigenvalue weighted by molar-refractivity contribution is 6.18. The first kappa shape index (κ1) is 73.1. The predicted octanol–water partition coefficient (Wildman–Crippen LogP) is 29.2. The van der Waals surface area contributed by atoms with Gasteiger partial charge in [0.15, 0.2) is 0 Å². The van der Waals surface area contributed by atoms with Crippen LogP contribution in [-0.2, 0) is 12.4 Å². The third-order valence-corrected chi connectivity index (χ3v) is 25.3. The molecule has 126 heavy (non-hydrogen) atoms. The van der Waals surface area contributed by atoms with Crippen LogP contribution in [0.1, 0.15) is 22.3 Å². The first-order valence-electron chi connectivity index (χ1n) is 41.2. The lowest BCUT2D eigenvalue weighted by atomic mass is 9.90. The lowest BCUT2D eigenvalue weighted by Crippen LogP contribution is -2.13. The molecule has 0 N–H and O–H groups in total. The number of fused-ring (bicyclic) bond motifs is 18. The van der Waals surface area contributed by atoms with E-state index in [0.29, 0.717) is 40.2 Å². The number of rotatable bonds is 11. The SMILES string of the molecule is N#Cc1cc(-c2ccc(-n3c4ccc(-n5c6ccccc6c6ccccc65)cc4c4cc(-n5c6ccccc6c6cc(-c7ccc8c(c7)c7ccccc7n8-c7ccc8c(c7)c7cc(-n9c%10ccccc%10c%10ccccc%109)ccc7n8-c7ccc(-c8cc(C(F)(F)F)c(-c9ccncc9)cc8C(F)(F)F)cc7)ccc65)ccc43)cc2)cc(C#N)c1-c1ccccn1. The highest BCUT2D eigenvalue weighted by Gasteiger charge is 2.40. The summed E-state index contributed by atoms with van der Waals surface area (Å²) in [7, 11) is 0. The van der Waals surface area contributed by atoms with E-state index in [2.05, 4.69) is 304 Å². The van der Waals surface area contributed by atoms with E-state index in [4.69, 9.17) is 0 Å². The molecular formula is C110H62F6N10. The van der Waals surface area contributed by atoms with Crippen LogP contribution in [0.4, 0.5) is 26.3 Å². The van der Waals surface area contributed by atoms with Crippen molar-refractivity contribution in [3.8, 4) is 102 Å². The fraction of sp³-hybridized carbons (Fsp3) is 0.0182. The van der Waals surface area contributed by atoms with Crippen molar-refractivity contribution < 1.29 is 26.3 Å². The minimum absolute atomic E-state index is 0.0326. The molecule has 0 amide bonds. The van der Waals surface area contributed by atoms with E-state index in [1.54, 1.807) is 18.3 Å². The summed E-state index contributed by atoms with van der Waals surface area (Å²) in [6.07, 6.45) is -5.83. The van der Waals surface area contributed by atoms with Crippen molar-refractivity contribution >= 4 is 131 Å². The number of nitrogens with zero attached hydrogens (tertiary/aromatic N) is 10. The fourth-order valence-electron chi connectivity index (χ4n) is 19.8. The summed E-state index contributed by atoms with van der Waals surface area (Å²) in [5, 5.41) is 33.7. The second kappa shape index (κ2) is 27.9. The zero-order valence-corrected chi connectivity index (χ0v) is 66.5. The zero-order valence-electron chi connectivity index (χ0n) is 66.5. The summed E-state index contributed by atoms with van der Waals surface area (Å²) in [4.78, 5) is 8.39. The smallest absolute Gasteiger partial charge is 0.309 e. The van der Waals surface area contributed by atoms with Crippen LogP contribution >= 0.6 is 0 Å². The van der Waals surface area contributed by atoms with Crippen LogP contribution < -0.4 is 0 Å². The topological polar surface area (TPSA) is 103 Å². The van der Waals surface area contributed by atoms with Crippen molar-refractivity contribution in [1.29, 1.82) is 10.5 Å². The molecule has 10 nitrogen and oxygen atoms in total. The van der Waals surface area contributed by atoms with E-state index in [9.17, 15) is 10.5 Å². The van der Waals surface area contributed by atoms with Crippen LogP contribution in [0, 0.1) is 22.7 Å². The normalized spacial score (nSPS) is 12.2.